The molecule has 0 unspecified atom stereocenters. The molecule has 1 aromatic heterocycles. The van der Waals surface area contributed by atoms with Crippen LogP contribution in [0.1, 0.15) is 147 Å². The summed E-state index contributed by atoms with van der Waals surface area (Å²) in [6.45, 7) is 11.1. The van der Waals surface area contributed by atoms with E-state index in [0.29, 0.717) is 124 Å². The first kappa shape index (κ1) is 68.1. The Balaban J connectivity index is 0.883. The van der Waals surface area contributed by atoms with Gasteiger partial charge in [-0.05, 0) is 188 Å². The lowest BCUT2D eigenvalue weighted by Crippen LogP contribution is -2.30. The van der Waals surface area contributed by atoms with Gasteiger partial charge in [-0.25, -0.2) is 19.6 Å². The van der Waals surface area contributed by atoms with Gasteiger partial charge in [-0.15, -0.1) is 0 Å². The maximum Gasteiger partial charge on any atom is 0.330 e. The molecule has 0 bridgehead atoms. The molecular weight excluding hydrogens is 1160 g/mol. The summed E-state index contributed by atoms with van der Waals surface area (Å²) < 4.78 is 51.4. The average molecular weight is 1240 g/mol. The summed E-state index contributed by atoms with van der Waals surface area (Å²) in [5, 5.41) is 7.50. The molecule has 0 N–H and O–H groups in total. The predicted molar refractivity (Wildman–Crippen MR) is 337 cm³/mol. The van der Waals surface area contributed by atoms with Gasteiger partial charge in [-0.1, -0.05) is 62.8 Å². The van der Waals surface area contributed by atoms with Crippen LogP contribution in [0.15, 0.2) is 121 Å². The van der Waals surface area contributed by atoms with Gasteiger partial charge in [0.25, 0.3) is 0 Å². The van der Waals surface area contributed by atoms with Crippen LogP contribution < -0.4 is 33.4 Å². The highest BCUT2D eigenvalue weighted by Crippen LogP contribution is 2.36. The Labute approximate surface area is 525 Å². The second-order valence-corrected chi connectivity index (χ2v) is 23.1. The van der Waals surface area contributed by atoms with Crippen molar-refractivity contribution < 1.29 is 76.2 Å². The standard InChI is InChI=1S/C69H83N3O16S/c1-4-7-8-15-41-72(69-71-59-20-13-14-21-61(59)89-69)70-48-53-47-58(87-67(78)51-24-22-49(23-25-51)65(76)85-56-34-30-54(31-35-56)80-42-16-9-11-18-44-82-62(73)5-2)38-39-60(53)88-68(79)52-28-26-50(27-29-52)66(77)86-57-36-32-55(33-37-57)81-43-17-10-12-19-45-83-64(75)40-46-84-63(74)6-3/h5-6,13-14,20-21,30-39,47-52H,2-4,7-12,15-19,22-29,40-46H2,1H3/b70-48+/t49-,50-,51-,52-. The van der Waals surface area contributed by atoms with E-state index in [2.05, 4.69) is 20.1 Å². The van der Waals surface area contributed by atoms with Gasteiger partial charge in [0.05, 0.1) is 73.0 Å². The van der Waals surface area contributed by atoms with Gasteiger partial charge >= 0.3 is 41.8 Å². The van der Waals surface area contributed by atoms with Crippen LogP contribution in [0.3, 0.4) is 0 Å². The summed E-state index contributed by atoms with van der Waals surface area (Å²) in [6.07, 6.45) is 18.0. The van der Waals surface area contributed by atoms with E-state index in [1.807, 2.05) is 29.3 Å². The highest BCUT2D eigenvalue weighted by Gasteiger charge is 2.34. The van der Waals surface area contributed by atoms with E-state index in [9.17, 15) is 33.6 Å². The van der Waals surface area contributed by atoms with E-state index in [1.165, 1.54) is 11.3 Å². The minimum Gasteiger partial charge on any atom is -0.494 e. The first-order valence-corrected chi connectivity index (χ1v) is 32.1. The van der Waals surface area contributed by atoms with Crippen LogP contribution in [0.25, 0.3) is 10.2 Å². The number of carbonyl (C=O) groups excluding carboxylic acids is 7. The first-order chi connectivity index (χ1) is 43.4. The first-order valence-electron chi connectivity index (χ1n) is 31.3. The molecule has 2 saturated carbocycles. The van der Waals surface area contributed by atoms with Crippen molar-refractivity contribution in [3.63, 3.8) is 0 Å². The number of carbonyl (C=O) groups is 7. The number of unbranched alkanes of at least 4 members (excludes halogenated alkanes) is 9. The third-order valence-electron chi connectivity index (χ3n) is 15.4. The molecule has 1 heterocycles. The SMILES string of the molecule is C=CC(=O)OCCCCCCOc1ccc(OC(=O)[C@H]2CC[C@H](C(=O)Oc3ccc(OC(=O)[C@H]4CC[C@H](C(=O)Oc5ccc(OCCCCCCOC(=O)CCOC(=O)C=C)cc5)CC4)c(/C=N/N(CCCCCC)c4nc5ccccc5s4)c3)CC2)cc1. The molecular formula is C69H83N3O16S. The average Bonchev–Trinajstić information content (AvgIpc) is 2.96. The van der Waals surface area contributed by atoms with Gasteiger partial charge in [0, 0.05) is 24.3 Å². The summed E-state index contributed by atoms with van der Waals surface area (Å²) in [5.41, 5.74) is 1.27. The zero-order valence-corrected chi connectivity index (χ0v) is 51.8. The molecule has 5 aromatic rings. The maximum absolute atomic E-state index is 14.0. The molecule has 2 aliphatic carbocycles. The Morgan fingerprint density at radius 2 is 0.966 bits per heavy atom. The van der Waals surface area contributed by atoms with E-state index in [1.54, 1.807) is 72.9 Å². The predicted octanol–water partition coefficient (Wildman–Crippen LogP) is 13.6. The molecule has 476 valence electrons. The molecule has 0 atom stereocenters. The third-order valence-corrected chi connectivity index (χ3v) is 16.4. The van der Waals surface area contributed by atoms with Crippen LogP contribution in [0.5, 0.6) is 34.5 Å². The summed E-state index contributed by atoms with van der Waals surface area (Å²) in [4.78, 5) is 93.3. The smallest absolute Gasteiger partial charge is 0.330 e. The fraction of sp³-hybridized carbons (Fsp3) is 0.464. The Morgan fingerprint density at radius 3 is 1.48 bits per heavy atom. The van der Waals surface area contributed by atoms with Crippen molar-refractivity contribution in [1.82, 2.24) is 4.98 Å². The van der Waals surface area contributed by atoms with Crippen LogP contribution in [-0.2, 0) is 47.8 Å². The molecule has 2 aliphatic rings. The van der Waals surface area contributed by atoms with Crippen LogP contribution in [0.2, 0.25) is 0 Å². The second kappa shape index (κ2) is 37.5. The molecule has 20 heteroatoms. The van der Waals surface area contributed by atoms with Crippen LogP contribution in [0.4, 0.5) is 5.13 Å². The summed E-state index contributed by atoms with van der Waals surface area (Å²) in [5.74, 6) is -2.15. The molecule has 2 fully saturated rings. The van der Waals surface area contributed by atoms with Crippen molar-refractivity contribution in [3.8, 4) is 34.5 Å². The lowest BCUT2D eigenvalue weighted by Gasteiger charge is -2.26. The number of thiazole rings is 1. The van der Waals surface area contributed by atoms with E-state index < -0.39 is 47.6 Å². The van der Waals surface area contributed by atoms with Crippen molar-refractivity contribution in [2.75, 3.05) is 44.6 Å². The van der Waals surface area contributed by atoms with Gasteiger partial charge in [0.2, 0.25) is 5.13 Å². The normalized spacial score (nSPS) is 16.3. The van der Waals surface area contributed by atoms with Gasteiger partial charge in [-0.3, -0.25) is 24.0 Å². The molecule has 4 aromatic carbocycles. The molecule has 0 saturated heterocycles. The maximum atomic E-state index is 14.0. The number of aromatic nitrogens is 1. The van der Waals surface area contributed by atoms with Crippen LogP contribution in [-0.4, -0.2) is 92.6 Å². The number of anilines is 1. The van der Waals surface area contributed by atoms with Gasteiger partial charge in [-0.2, -0.15) is 5.10 Å². The Hall–Kier alpha value is -8.39. The zero-order chi connectivity index (χ0) is 63.0. The van der Waals surface area contributed by atoms with Crippen molar-refractivity contribution >= 4 is 74.7 Å². The number of fused-ring (bicyclic) bond motifs is 1. The number of ether oxygens (including phenoxy) is 9. The fourth-order valence-corrected chi connectivity index (χ4v) is 11.1. The van der Waals surface area contributed by atoms with E-state index >= 15 is 0 Å². The number of hydrogen-bond acceptors (Lipinski definition) is 20. The van der Waals surface area contributed by atoms with Gasteiger partial charge in [0.1, 0.15) is 41.1 Å². The number of rotatable bonds is 37. The molecule has 7 rings (SSSR count). The topological polar surface area (TPSA) is 231 Å². The lowest BCUT2D eigenvalue weighted by molar-refractivity contribution is -0.147. The molecule has 0 aliphatic heterocycles. The molecule has 0 radical (unpaired) electrons. The minimum atomic E-state index is -0.580. The van der Waals surface area contributed by atoms with E-state index in [4.69, 9.17) is 52.7 Å². The number of hydrogen-bond donors (Lipinski definition) is 0. The number of hydrazone groups is 1. The van der Waals surface area contributed by atoms with Crippen molar-refractivity contribution in [2.24, 2.45) is 28.8 Å². The molecule has 89 heavy (non-hydrogen) atoms. The van der Waals surface area contributed by atoms with E-state index in [0.717, 1.165) is 93.0 Å². The number of benzene rings is 4. The number of para-hydroxylation sites is 1. The van der Waals surface area contributed by atoms with E-state index in [-0.39, 0.29) is 42.4 Å². The molecule has 19 nitrogen and oxygen atoms in total. The van der Waals surface area contributed by atoms with Crippen molar-refractivity contribution in [2.45, 2.75) is 142 Å². The lowest BCUT2D eigenvalue weighted by atomic mass is 9.82. The molecule has 0 spiro atoms. The molecule has 0 amide bonds. The highest BCUT2D eigenvalue weighted by molar-refractivity contribution is 7.22. The quantitative estimate of drug-likeness (QED) is 0.00684. The third kappa shape index (κ3) is 23.6. The summed E-state index contributed by atoms with van der Waals surface area (Å²) >= 11 is 1.53. The minimum absolute atomic E-state index is 0.00320. The monoisotopic (exact) mass is 1240 g/mol. The Kier molecular flexibility index (Phi) is 28.7. The van der Waals surface area contributed by atoms with Crippen molar-refractivity contribution in [3.05, 3.63) is 122 Å². The van der Waals surface area contributed by atoms with Crippen LogP contribution >= 0.6 is 11.3 Å². The number of esters is 7. The Morgan fingerprint density at radius 1 is 0.517 bits per heavy atom. The van der Waals surface area contributed by atoms with Gasteiger partial charge in [0.15, 0.2) is 0 Å². The largest absolute Gasteiger partial charge is 0.494 e. The van der Waals surface area contributed by atoms with Gasteiger partial charge < -0.3 is 42.6 Å². The van der Waals surface area contributed by atoms with Crippen LogP contribution in [0, 0.1) is 23.7 Å². The van der Waals surface area contributed by atoms with Crippen molar-refractivity contribution in [1.29, 1.82) is 0 Å². The number of nitrogens with zero attached hydrogens (tertiary/aromatic N) is 3. The summed E-state index contributed by atoms with van der Waals surface area (Å²) in [6, 6.07) is 26.6. The Bertz CT molecular complexity index is 3090. The summed E-state index contributed by atoms with van der Waals surface area (Å²) in [7, 11) is 0. The fourth-order valence-electron chi connectivity index (χ4n) is 10.2. The highest BCUT2D eigenvalue weighted by atomic mass is 32.1. The zero-order valence-electron chi connectivity index (χ0n) is 51.0. The second-order valence-electron chi connectivity index (χ2n) is 22.1.